The van der Waals surface area contributed by atoms with E-state index in [1.807, 2.05) is 6.07 Å². The van der Waals surface area contributed by atoms with Crippen LogP contribution in [0.15, 0.2) is 60.7 Å². The molecule has 1 N–H and O–H groups in total. The fraction of sp³-hybridized carbons (Fsp3) is 0.190. The minimum absolute atomic E-state index is 0.284. The SMILES string of the molecule is COc1ccc(NC(=O)c2ccc(N3CCc4ccccc4C3)nn2)cc1. The van der Waals surface area contributed by atoms with Crippen molar-refractivity contribution in [1.29, 1.82) is 0 Å². The van der Waals surface area contributed by atoms with Gasteiger partial charge in [0, 0.05) is 18.8 Å². The van der Waals surface area contributed by atoms with Crippen molar-refractivity contribution in [3.8, 4) is 5.75 Å². The Morgan fingerprint density at radius 3 is 2.48 bits per heavy atom. The smallest absolute Gasteiger partial charge is 0.276 e. The number of benzene rings is 2. The Morgan fingerprint density at radius 1 is 1.00 bits per heavy atom. The highest BCUT2D eigenvalue weighted by Crippen LogP contribution is 2.22. The van der Waals surface area contributed by atoms with Crippen LogP contribution >= 0.6 is 0 Å². The molecule has 2 aromatic carbocycles. The van der Waals surface area contributed by atoms with E-state index >= 15 is 0 Å². The molecular formula is C21H20N4O2. The minimum atomic E-state index is -0.289. The molecule has 3 aromatic rings. The molecule has 6 nitrogen and oxygen atoms in total. The van der Waals surface area contributed by atoms with Gasteiger partial charge in [-0.25, -0.2) is 0 Å². The van der Waals surface area contributed by atoms with Crippen LogP contribution < -0.4 is 15.0 Å². The van der Waals surface area contributed by atoms with Crippen LogP contribution in [0.3, 0.4) is 0 Å². The van der Waals surface area contributed by atoms with Crippen LogP contribution in [0, 0.1) is 0 Å². The van der Waals surface area contributed by atoms with E-state index in [2.05, 4.69) is 44.7 Å². The van der Waals surface area contributed by atoms with Gasteiger partial charge in [-0.1, -0.05) is 24.3 Å². The topological polar surface area (TPSA) is 67.3 Å². The summed E-state index contributed by atoms with van der Waals surface area (Å²) in [5.41, 5.74) is 3.66. The first kappa shape index (κ1) is 17.0. The molecule has 0 bridgehead atoms. The van der Waals surface area contributed by atoms with E-state index < -0.39 is 0 Å². The number of hydrogen-bond acceptors (Lipinski definition) is 5. The van der Waals surface area contributed by atoms with E-state index in [4.69, 9.17) is 4.74 Å². The monoisotopic (exact) mass is 360 g/mol. The van der Waals surface area contributed by atoms with Gasteiger partial charge in [0.2, 0.25) is 0 Å². The van der Waals surface area contributed by atoms with E-state index in [9.17, 15) is 4.79 Å². The van der Waals surface area contributed by atoms with Crippen molar-refractivity contribution >= 4 is 17.4 Å². The number of fused-ring (bicyclic) bond motifs is 1. The maximum atomic E-state index is 12.4. The Hall–Kier alpha value is -3.41. The molecule has 1 aliphatic heterocycles. The molecule has 6 heteroatoms. The lowest BCUT2D eigenvalue weighted by molar-refractivity contribution is 0.102. The Morgan fingerprint density at radius 2 is 1.78 bits per heavy atom. The van der Waals surface area contributed by atoms with Crippen molar-refractivity contribution in [2.24, 2.45) is 0 Å². The number of carbonyl (C=O) groups excluding carboxylic acids is 1. The van der Waals surface area contributed by atoms with E-state index in [0.29, 0.717) is 5.69 Å². The summed E-state index contributed by atoms with van der Waals surface area (Å²) in [5, 5.41) is 11.2. The molecular weight excluding hydrogens is 340 g/mol. The normalized spacial score (nSPS) is 13.0. The number of nitrogens with zero attached hydrogens (tertiary/aromatic N) is 3. The molecule has 0 radical (unpaired) electrons. The van der Waals surface area contributed by atoms with Crippen LogP contribution in [-0.2, 0) is 13.0 Å². The van der Waals surface area contributed by atoms with Crippen LogP contribution in [0.2, 0.25) is 0 Å². The third-order valence-electron chi connectivity index (χ3n) is 4.69. The summed E-state index contributed by atoms with van der Waals surface area (Å²) in [7, 11) is 1.60. The van der Waals surface area contributed by atoms with Gasteiger partial charge in [0.1, 0.15) is 5.75 Å². The van der Waals surface area contributed by atoms with Gasteiger partial charge >= 0.3 is 0 Å². The zero-order valence-corrected chi connectivity index (χ0v) is 15.1. The van der Waals surface area contributed by atoms with Crippen LogP contribution in [0.4, 0.5) is 11.5 Å². The lowest BCUT2D eigenvalue weighted by Gasteiger charge is -2.29. The maximum Gasteiger partial charge on any atom is 0.276 e. The molecule has 1 amide bonds. The second-order valence-corrected chi connectivity index (χ2v) is 6.40. The summed E-state index contributed by atoms with van der Waals surface area (Å²) in [6, 6.07) is 19.2. The first-order valence-electron chi connectivity index (χ1n) is 8.84. The molecule has 0 fully saturated rings. The van der Waals surface area contributed by atoms with Crippen LogP contribution in [-0.4, -0.2) is 29.8 Å². The number of aromatic nitrogens is 2. The number of nitrogens with one attached hydrogen (secondary N) is 1. The quantitative estimate of drug-likeness (QED) is 0.773. The van der Waals surface area contributed by atoms with Gasteiger partial charge in [-0.05, 0) is 53.9 Å². The molecule has 27 heavy (non-hydrogen) atoms. The molecule has 4 rings (SSSR count). The number of carbonyl (C=O) groups is 1. The molecule has 0 saturated carbocycles. The van der Waals surface area contributed by atoms with Crippen molar-refractivity contribution < 1.29 is 9.53 Å². The third kappa shape index (κ3) is 3.74. The van der Waals surface area contributed by atoms with E-state index in [1.54, 1.807) is 37.4 Å². The number of ether oxygens (including phenoxy) is 1. The van der Waals surface area contributed by atoms with Crippen molar-refractivity contribution in [3.63, 3.8) is 0 Å². The lowest BCUT2D eigenvalue weighted by atomic mass is 10.00. The minimum Gasteiger partial charge on any atom is -0.497 e. The van der Waals surface area contributed by atoms with Gasteiger partial charge in [0.25, 0.3) is 5.91 Å². The molecule has 1 aliphatic rings. The number of amides is 1. The van der Waals surface area contributed by atoms with Crippen LogP contribution in [0.25, 0.3) is 0 Å². The van der Waals surface area contributed by atoms with Gasteiger partial charge in [-0.3, -0.25) is 4.79 Å². The first-order chi connectivity index (χ1) is 13.2. The number of methoxy groups -OCH3 is 1. The highest BCUT2D eigenvalue weighted by Gasteiger charge is 2.18. The molecule has 1 aromatic heterocycles. The number of anilines is 2. The fourth-order valence-electron chi connectivity index (χ4n) is 3.18. The molecule has 0 unspecified atom stereocenters. The lowest BCUT2D eigenvalue weighted by Crippen LogP contribution is -2.31. The predicted molar refractivity (Wildman–Crippen MR) is 104 cm³/mol. The van der Waals surface area contributed by atoms with E-state index in [0.717, 1.165) is 31.1 Å². The first-order valence-corrected chi connectivity index (χ1v) is 8.84. The Balaban J connectivity index is 1.43. The molecule has 136 valence electrons. The molecule has 0 aliphatic carbocycles. The maximum absolute atomic E-state index is 12.4. The van der Waals surface area contributed by atoms with Crippen molar-refractivity contribution in [3.05, 3.63) is 77.5 Å². The summed E-state index contributed by atoms with van der Waals surface area (Å²) >= 11 is 0. The van der Waals surface area contributed by atoms with Crippen LogP contribution in [0.5, 0.6) is 5.75 Å². The van der Waals surface area contributed by atoms with Gasteiger partial charge in [-0.15, -0.1) is 10.2 Å². The average molecular weight is 360 g/mol. The fourth-order valence-corrected chi connectivity index (χ4v) is 3.18. The van der Waals surface area contributed by atoms with Crippen molar-refractivity contribution in [2.75, 3.05) is 23.9 Å². The molecule has 2 heterocycles. The molecule has 0 saturated heterocycles. The standard InChI is InChI=1S/C21H20N4O2/c1-27-18-8-6-17(7-9-18)22-21(26)19-10-11-20(24-23-19)25-13-12-15-4-2-3-5-16(15)14-25/h2-11H,12-14H2,1H3,(H,22,26). The second-order valence-electron chi connectivity index (χ2n) is 6.40. The molecule has 0 spiro atoms. The Bertz CT molecular complexity index is 939. The Kier molecular flexibility index (Phi) is 4.70. The van der Waals surface area contributed by atoms with Gasteiger partial charge < -0.3 is 15.0 Å². The zero-order valence-electron chi connectivity index (χ0n) is 15.1. The highest BCUT2D eigenvalue weighted by atomic mass is 16.5. The summed E-state index contributed by atoms with van der Waals surface area (Å²) in [4.78, 5) is 14.5. The van der Waals surface area contributed by atoms with E-state index in [1.165, 1.54) is 11.1 Å². The van der Waals surface area contributed by atoms with Crippen molar-refractivity contribution in [1.82, 2.24) is 10.2 Å². The van der Waals surface area contributed by atoms with Crippen molar-refractivity contribution in [2.45, 2.75) is 13.0 Å². The highest BCUT2D eigenvalue weighted by molar-refractivity contribution is 6.02. The zero-order chi connectivity index (χ0) is 18.6. The largest absolute Gasteiger partial charge is 0.497 e. The summed E-state index contributed by atoms with van der Waals surface area (Å²) in [6.45, 7) is 1.70. The van der Waals surface area contributed by atoms with E-state index in [-0.39, 0.29) is 11.6 Å². The summed E-state index contributed by atoms with van der Waals surface area (Å²) < 4.78 is 5.11. The second kappa shape index (κ2) is 7.45. The predicted octanol–water partition coefficient (Wildman–Crippen LogP) is 3.30. The number of rotatable bonds is 4. The van der Waals surface area contributed by atoms with Gasteiger partial charge in [-0.2, -0.15) is 0 Å². The third-order valence-corrected chi connectivity index (χ3v) is 4.69. The Labute approximate surface area is 157 Å². The number of hydrogen-bond donors (Lipinski definition) is 1. The average Bonchev–Trinajstić information content (AvgIpc) is 2.74. The summed E-state index contributed by atoms with van der Waals surface area (Å²) in [5.74, 6) is 1.23. The molecule has 0 atom stereocenters. The van der Waals surface area contributed by atoms with Gasteiger partial charge in [0.15, 0.2) is 11.5 Å². The van der Waals surface area contributed by atoms with Crippen LogP contribution in [0.1, 0.15) is 21.6 Å². The summed E-state index contributed by atoms with van der Waals surface area (Å²) in [6.07, 6.45) is 0.984. The van der Waals surface area contributed by atoms with Gasteiger partial charge in [0.05, 0.1) is 7.11 Å².